The lowest BCUT2D eigenvalue weighted by atomic mass is 9.92. The Bertz CT molecular complexity index is 282. The van der Waals surface area contributed by atoms with Crippen LogP contribution in [0.1, 0.15) is 34.1 Å². The molecule has 0 aromatic carbocycles. The van der Waals surface area contributed by atoms with Crippen LogP contribution >= 0.6 is 0 Å². The van der Waals surface area contributed by atoms with E-state index in [0.29, 0.717) is 6.54 Å². The van der Waals surface area contributed by atoms with E-state index in [4.69, 9.17) is 5.11 Å². The maximum absolute atomic E-state index is 11.3. The number of hydrogen-bond donors (Lipinski definition) is 4. The van der Waals surface area contributed by atoms with Gasteiger partial charge in [0, 0.05) is 6.54 Å². The van der Waals surface area contributed by atoms with E-state index in [0.717, 1.165) is 13.3 Å². The maximum Gasteiger partial charge on any atom is 0.337 e. The molecule has 0 aromatic heterocycles. The molecule has 6 nitrogen and oxygen atoms in total. The van der Waals surface area contributed by atoms with Gasteiger partial charge in [-0.25, -0.2) is 9.59 Å². The van der Waals surface area contributed by atoms with Crippen molar-refractivity contribution in [3.63, 3.8) is 0 Å². The molecular weight excluding hydrogens is 224 g/mol. The van der Waals surface area contributed by atoms with Crippen LogP contribution in [0.4, 0.5) is 4.79 Å². The van der Waals surface area contributed by atoms with Gasteiger partial charge in [0.25, 0.3) is 0 Å². The summed E-state index contributed by atoms with van der Waals surface area (Å²) >= 11 is 0. The standard InChI is InChI=1S/C11H22N2O4/c1-10(2,3)5-6-12-9(16)13-7-11(4,17)8(14)15/h17H,5-7H2,1-4H3,(H,14,15)(H2,12,13,16). The van der Waals surface area contributed by atoms with E-state index >= 15 is 0 Å². The van der Waals surface area contributed by atoms with Crippen molar-refractivity contribution in [1.82, 2.24) is 10.6 Å². The number of urea groups is 1. The predicted octanol–water partition coefficient (Wildman–Crippen LogP) is 0.557. The molecule has 0 aromatic rings. The van der Waals surface area contributed by atoms with E-state index in [-0.39, 0.29) is 12.0 Å². The van der Waals surface area contributed by atoms with Crippen molar-refractivity contribution in [2.24, 2.45) is 5.41 Å². The summed E-state index contributed by atoms with van der Waals surface area (Å²) in [5.74, 6) is -1.37. The van der Waals surface area contributed by atoms with Gasteiger partial charge in [0.1, 0.15) is 0 Å². The lowest BCUT2D eigenvalue weighted by Crippen LogP contribution is -2.49. The summed E-state index contributed by atoms with van der Waals surface area (Å²) in [5, 5.41) is 22.9. The van der Waals surface area contributed by atoms with Gasteiger partial charge in [-0.3, -0.25) is 0 Å². The van der Waals surface area contributed by atoms with E-state index < -0.39 is 17.6 Å². The van der Waals surface area contributed by atoms with Gasteiger partial charge in [-0.2, -0.15) is 0 Å². The minimum Gasteiger partial charge on any atom is -0.479 e. The third-order valence-electron chi connectivity index (χ3n) is 2.21. The summed E-state index contributed by atoms with van der Waals surface area (Å²) in [6, 6.07) is -0.476. The van der Waals surface area contributed by atoms with Crippen LogP contribution in [0.15, 0.2) is 0 Å². The van der Waals surface area contributed by atoms with Crippen LogP contribution < -0.4 is 10.6 Å². The third-order valence-corrected chi connectivity index (χ3v) is 2.21. The predicted molar refractivity (Wildman–Crippen MR) is 63.7 cm³/mol. The second-order valence-electron chi connectivity index (χ2n) is 5.50. The van der Waals surface area contributed by atoms with Crippen LogP contribution in [-0.2, 0) is 4.79 Å². The number of aliphatic hydroxyl groups is 1. The summed E-state index contributed by atoms with van der Waals surface area (Å²) in [5.41, 5.74) is -1.82. The molecule has 0 bridgehead atoms. The quantitative estimate of drug-likeness (QED) is 0.569. The van der Waals surface area contributed by atoms with Gasteiger partial charge >= 0.3 is 12.0 Å². The maximum atomic E-state index is 11.3. The smallest absolute Gasteiger partial charge is 0.337 e. The molecular formula is C11H22N2O4. The summed E-state index contributed by atoms with van der Waals surface area (Å²) in [4.78, 5) is 21.8. The van der Waals surface area contributed by atoms with E-state index in [1.165, 1.54) is 0 Å². The number of amides is 2. The Morgan fingerprint density at radius 2 is 1.65 bits per heavy atom. The molecule has 0 heterocycles. The first kappa shape index (κ1) is 15.7. The minimum absolute atomic E-state index is 0.125. The van der Waals surface area contributed by atoms with E-state index in [1.807, 2.05) is 0 Å². The summed E-state index contributed by atoms with van der Waals surface area (Å²) in [6.45, 7) is 7.48. The number of carbonyl (C=O) groups is 2. The molecule has 0 rings (SSSR count). The van der Waals surface area contributed by atoms with Gasteiger partial charge < -0.3 is 20.8 Å². The second kappa shape index (κ2) is 5.86. The van der Waals surface area contributed by atoms with Crippen molar-refractivity contribution in [2.45, 2.75) is 39.7 Å². The normalized spacial score (nSPS) is 14.9. The molecule has 0 saturated heterocycles. The van der Waals surface area contributed by atoms with Crippen molar-refractivity contribution in [2.75, 3.05) is 13.1 Å². The number of nitrogens with one attached hydrogen (secondary N) is 2. The molecule has 0 saturated carbocycles. The fourth-order valence-corrected chi connectivity index (χ4v) is 0.942. The highest BCUT2D eigenvalue weighted by molar-refractivity contribution is 5.79. The number of carboxylic acids is 1. The number of carbonyl (C=O) groups excluding carboxylic acids is 1. The first-order valence-electron chi connectivity index (χ1n) is 5.52. The van der Waals surface area contributed by atoms with Gasteiger partial charge in [-0.15, -0.1) is 0 Å². The Morgan fingerprint density at radius 3 is 2.06 bits per heavy atom. The summed E-state index contributed by atoms with van der Waals surface area (Å²) in [7, 11) is 0. The van der Waals surface area contributed by atoms with Crippen LogP contribution in [-0.4, -0.2) is 40.9 Å². The van der Waals surface area contributed by atoms with Crippen molar-refractivity contribution in [3.8, 4) is 0 Å². The molecule has 1 unspecified atom stereocenters. The van der Waals surface area contributed by atoms with E-state index in [2.05, 4.69) is 31.4 Å². The fraction of sp³-hybridized carbons (Fsp3) is 0.818. The van der Waals surface area contributed by atoms with Crippen molar-refractivity contribution in [1.29, 1.82) is 0 Å². The monoisotopic (exact) mass is 246 g/mol. The molecule has 1 atom stereocenters. The largest absolute Gasteiger partial charge is 0.479 e. The Hall–Kier alpha value is -1.30. The zero-order chi connectivity index (χ0) is 13.7. The lowest BCUT2D eigenvalue weighted by molar-refractivity contribution is -0.155. The second-order valence-corrected chi connectivity index (χ2v) is 5.50. The van der Waals surface area contributed by atoms with Crippen LogP contribution in [0.25, 0.3) is 0 Å². The molecule has 0 radical (unpaired) electrons. The molecule has 0 fully saturated rings. The Kier molecular flexibility index (Phi) is 5.41. The number of hydrogen-bond acceptors (Lipinski definition) is 3. The van der Waals surface area contributed by atoms with Crippen molar-refractivity contribution < 1.29 is 19.8 Å². The molecule has 0 aliphatic heterocycles. The van der Waals surface area contributed by atoms with Gasteiger partial charge in [-0.1, -0.05) is 20.8 Å². The zero-order valence-corrected chi connectivity index (χ0v) is 10.8. The number of rotatable bonds is 5. The Morgan fingerprint density at radius 1 is 1.12 bits per heavy atom. The molecule has 0 spiro atoms. The molecule has 100 valence electrons. The summed E-state index contributed by atoms with van der Waals surface area (Å²) in [6.07, 6.45) is 0.815. The average molecular weight is 246 g/mol. The van der Waals surface area contributed by atoms with Crippen molar-refractivity contribution in [3.05, 3.63) is 0 Å². The number of aliphatic carboxylic acids is 1. The number of carboxylic acid groups (broad SMARTS) is 1. The van der Waals surface area contributed by atoms with Gasteiger partial charge in [-0.05, 0) is 18.8 Å². The third kappa shape index (κ3) is 7.57. The SMILES string of the molecule is CC(C)(C)CCNC(=O)NCC(C)(O)C(=O)O. The van der Waals surface area contributed by atoms with Crippen LogP contribution in [0, 0.1) is 5.41 Å². The summed E-state index contributed by atoms with van der Waals surface area (Å²) < 4.78 is 0. The zero-order valence-electron chi connectivity index (χ0n) is 10.8. The van der Waals surface area contributed by atoms with Gasteiger partial charge in [0.05, 0.1) is 6.54 Å². The average Bonchev–Trinajstić information content (AvgIpc) is 2.12. The highest BCUT2D eigenvalue weighted by atomic mass is 16.4. The van der Waals surface area contributed by atoms with E-state index in [1.54, 1.807) is 0 Å². The minimum atomic E-state index is -1.94. The highest BCUT2D eigenvalue weighted by Gasteiger charge is 2.30. The first-order chi connectivity index (χ1) is 7.54. The van der Waals surface area contributed by atoms with Crippen molar-refractivity contribution >= 4 is 12.0 Å². The molecule has 0 aliphatic rings. The molecule has 4 N–H and O–H groups in total. The molecule has 6 heteroatoms. The Labute approximate surface area is 101 Å². The van der Waals surface area contributed by atoms with Crippen LogP contribution in [0.3, 0.4) is 0 Å². The topological polar surface area (TPSA) is 98.7 Å². The molecule has 0 aliphatic carbocycles. The van der Waals surface area contributed by atoms with Gasteiger partial charge in [0.2, 0.25) is 0 Å². The lowest BCUT2D eigenvalue weighted by Gasteiger charge is -2.20. The fourth-order valence-electron chi connectivity index (χ4n) is 0.942. The van der Waals surface area contributed by atoms with Gasteiger partial charge in [0.15, 0.2) is 5.60 Å². The first-order valence-corrected chi connectivity index (χ1v) is 5.52. The van der Waals surface area contributed by atoms with Crippen LogP contribution in [0.2, 0.25) is 0 Å². The van der Waals surface area contributed by atoms with Crippen LogP contribution in [0.5, 0.6) is 0 Å². The van der Waals surface area contributed by atoms with E-state index in [9.17, 15) is 14.7 Å². The molecule has 2 amide bonds. The highest BCUT2D eigenvalue weighted by Crippen LogP contribution is 2.16. The Balaban J connectivity index is 3.86. The molecule has 17 heavy (non-hydrogen) atoms.